The maximum absolute atomic E-state index is 13.1. The number of halogens is 1. The standard InChI is InChI=1S/C23H25FN6OS/c24-20-10-8-19(9-11-20)22-26-27-23(30(22)25)32-17-21(31)29-15-13-28(14-16-29)12-4-7-18-5-2-1-3-6-18/h1-11H,12-17,25H2. The molecular weight excluding hydrogens is 427 g/mol. The molecule has 0 bridgehead atoms. The van der Waals surface area contributed by atoms with Crippen LogP contribution in [0.5, 0.6) is 0 Å². The van der Waals surface area contributed by atoms with Crippen LogP contribution in [0.2, 0.25) is 0 Å². The number of piperazine rings is 1. The van der Waals surface area contributed by atoms with Crippen LogP contribution < -0.4 is 5.84 Å². The Bertz CT molecular complexity index is 1060. The number of benzene rings is 2. The Morgan fingerprint density at radius 3 is 2.47 bits per heavy atom. The van der Waals surface area contributed by atoms with Crippen LogP contribution in [0.25, 0.3) is 17.5 Å². The molecule has 0 atom stereocenters. The molecule has 1 saturated heterocycles. The molecule has 166 valence electrons. The quantitative estimate of drug-likeness (QED) is 0.439. The second-order valence-corrected chi connectivity index (χ2v) is 8.41. The first-order valence-corrected chi connectivity index (χ1v) is 11.4. The second-order valence-electron chi connectivity index (χ2n) is 7.47. The summed E-state index contributed by atoms with van der Waals surface area (Å²) in [4.78, 5) is 16.8. The van der Waals surface area contributed by atoms with Crippen LogP contribution in [-0.4, -0.2) is 69.1 Å². The van der Waals surface area contributed by atoms with Gasteiger partial charge in [0.2, 0.25) is 11.1 Å². The predicted molar refractivity (Wildman–Crippen MR) is 125 cm³/mol. The monoisotopic (exact) mass is 452 g/mol. The van der Waals surface area contributed by atoms with Gasteiger partial charge in [0.05, 0.1) is 5.75 Å². The average Bonchev–Trinajstić information content (AvgIpc) is 3.19. The zero-order valence-electron chi connectivity index (χ0n) is 17.6. The predicted octanol–water partition coefficient (Wildman–Crippen LogP) is 2.75. The van der Waals surface area contributed by atoms with E-state index >= 15 is 0 Å². The van der Waals surface area contributed by atoms with Crippen molar-refractivity contribution in [3.05, 3.63) is 72.1 Å². The van der Waals surface area contributed by atoms with Gasteiger partial charge >= 0.3 is 0 Å². The average molecular weight is 453 g/mol. The zero-order chi connectivity index (χ0) is 22.3. The molecule has 7 nitrogen and oxygen atoms in total. The molecular formula is C23H25FN6OS. The van der Waals surface area contributed by atoms with Crippen molar-refractivity contribution in [2.24, 2.45) is 0 Å². The summed E-state index contributed by atoms with van der Waals surface area (Å²) < 4.78 is 14.5. The molecule has 1 fully saturated rings. The van der Waals surface area contributed by atoms with Gasteiger partial charge in [-0.1, -0.05) is 54.2 Å². The van der Waals surface area contributed by atoms with Crippen LogP contribution in [0, 0.1) is 5.82 Å². The highest BCUT2D eigenvalue weighted by Gasteiger charge is 2.21. The normalized spacial score (nSPS) is 14.8. The molecule has 0 saturated carbocycles. The SMILES string of the molecule is Nn1c(SCC(=O)N2CCN(CC=Cc3ccccc3)CC2)nnc1-c1ccc(F)cc1. The van der Waals surface area contributed by atoms with Crippen LogP contribution in [0.3, 0.4) is 0 Å². The molecule has 0 spiro atoms. The molecule has 2 heterocycles. The number of nitrogens with zero attached hydrogens (tertiary/aromatic N) is 5. The Labute approximate surface area is 190 Å². The van der Waals surface area contributed by atoms with Gasteiger partial charge in [0, 0.05) is 38.3 Å². The molecule has 0 aliphatic carbocycles. The van der Waals surface area contributed by atoms with Crippen molar-refractivity contribution < 1.29 is 9.18 Å². The van der Waals surface area contributed by atoms with Crippen LogP contribution in [0.1, 0.15) is 5.56 Å². The van der Waals surface area contributed by atoms with Gasteiger partial charge in [0.1, 0.15) is 5.82 Å². The molecule has 9 heteroatoms. The fourth-order valence-electron chi connectivity index (χ4n) is 3.47. The van der Waals surface area contributed by atoms with Crippen LogP contribution in [0.4, 0.5) is 4.39 Å². The summed E-state index contributed by atoms with van der Waals surface area (Å²) in [5.74, 6) is 6.48. The van der Waals surface area contributed by atoms with Crippen molar-refractivity contribution in [2.45, 2.75) is 5.16 Å². The number of carbonyl (C=O) groups excluding carboxylic acids is 1. The Kier molecular flexibility index (Phi) is 7.18. The number of thioether (sulfide) groups is 1. The molecule has 2 N–H and O–H groups in total. The van der Waals surface area contributed by atoms with Gasteiger partial charge in [-0.2, -0.15) is 0 Å². The van der Waals surface area contributed by atoms with Crippen molar-refractivity contribution in [3.63, 3.8) is 0 Å². The third-order valence-corrected chi connectivity index (χ3v) is 6.22. The molecule has 0 radical (unpaired) electrons. The highest BCUT2D eigenvalue weighted by atomic mass is 32.2. The van der Waals surface area contributed by atoms with E-state index in [1.54, 1.807) is 12.1 Å². The highest BCUT2D eigenvalue weighted by Crippen LogP contribution is 2.22. The lowest BCUT2D eigenvalue weighted by molar-refractivity contribution is -0.130. The number of rotatable bonds is 7. The van der Waals surface area contributed by atoms with Crippen molar-refractivity contribution >= 4 is 23.7 Å². The maximum atomic E-state index is 13.1. The fourth-order valence-corrected chi connectivity index (χ4v) is 4.23. The number of hydrogen-bond acceptors (Lipinski definition) is 6. The molecule has 32 heavy (non-hydrogen) atoms. The van der Waals surface area contributed by atoms with E-state index in [-0.39, 0.29) is 17.5 Å². The lowest BCUT2D eigenvalue weighted by atomic mass is 10.2. The van der Waals surface area contributed by atoms with Gasteiger partial charge in [-0.05, 0) is 29.8 Å². The molecule has 0 unspecified atom stereocenters. The lowest BCUT2D eigenvalue weighted by Gasteiger charge is -2.34. The second kappa shape index (κ2) is 10.4. The van der Waals surface area contributed by atoms with Crippen LogP contribution >= 0.6 is 11.8 Å². The van der Waals surface area contributed by atoms with E-state index in [4.69, 9.17) is 5.84 Å². The first-order valence-electron chi connectivity index (χ1n) is 10.4. The van der Waals surface area contributed by atoms with Gasteiger partial charge in [0.25, 0.3) is 0 Å². The maximum Gasteiger partial charge on any atom is 0.233 e. The van der Waals surface area contributed by atoms with Gasteiger partial charge in [-0.15, -0.1) is 10.2 Å². The fraction of sp³-hybridized carbons (Fsp3) is 0.261. The minimum absolute atomic E-state index is 0.0563. The van der Waals surface area contributed by atoms with Crippen LogP contribution in [0.15, 0.2) is 65.8 Å². The van der Waals surface area contributed by atoms with E-state index in [0.29, 0.717) is 29.6 Å². The van der Waals surface area contributed by atoms with E-state index < -0.39 is 0 Å². The summed E-state index contributed by atoms with van der Waals surface area (Å²) in [6.07, 6.45) is 4.28. The molecule has 1 aliphatic heterocycles. The topological polar surface area (TPSA) is 80.3 Å². The Balaban J connectivity index is 1.23. The van der Waals surface area contributed by atoms with Crippen molar-refractivity contribution in [2.75, 3.05) is 44.3 Å². The highest BCUT2D eigenvalue weighted by molar-refractivity contribution is 7.99. The van der Waals surface area contributed by atoms with E-state index in [0.717, 1.165) is 19.6 Å². The Hall–Kier alpha value is -3.17. The lowest BCUT2D eigenvalue weighted by Crippen LogP contribution is -2.49. The number of aromatic nitrogens is 3. The van der Waals surface area contributed by atoms with Gasteiger partial charge in [0.15, 0.2) is 5.82 Å². The summed E-state index contributed by atoms with van der Waals surface area (Å²) >= 11 is 1.25. The summed E-state index contributed by atoms with van der Waals surface area (Å²) in [6, 6.07) is 16.1. The van der Waals surface area contributed by atoms with Crippen LogP contribution in [-0.2, 0) is 4.79 Å². The van der Waals surface area contributed by atoms with Gasteiger partial charge in [-0.25, -0.2) is 9.07 Å². The number of amides is 1. The molecule has 1 aliphatic rings. The summed E-state index contributed by atoms with van der Waals surface area (Å²) in [6.45, 7) is 3.96. The van der Waals surface area contributed by atoms with Crippen molar-refractivity contribution in [1.29, 1.82) is 0 Å². The van der Waals surface area contributed by atoms with Gasteiger partial charge < -0.3 is 10.7 Å². The molecule has 1 amide bonds. The van der Waals surface area contributed by atoms with Gasteiger partial charge in [-0.3, -0.25) is 9.69 Å². The number of nitrogens with two attached hydrogens (primary N) is 1. The summed E-state index contributed by atoms with van der Waals surface area (Å²) in [5, 5.41) is 8.59. The van der Waals surface area contributed by atoms with E-state index in [2.05, 4.69) is 39.4 Å². The third-order valence-electron chi connectivity index (χ3n) is 5.29. The molecule has 3 aromatic rings. The largest absolute Gasteiger partial charge is 0.339 e. The smallest absolute Gasteiger partial charge is 0.233 e. The first-order chi connectivity index (χ1) is 15.6. The zero-order valence-corrected chi connectivity index (χ0v) is 18.4. The molecule has 2 aromatic carbocycles. The Morgan fingerprint density at radius 2 is 1.75 bits per heavy atom. The minimum atomic E-state index is -0.329. The molecule has 4 rings (SSSR count). The number of hydrogen-bond donors (Lipinski definition) is 1. The van der Waals surface area contributed by atoms with E-state index in [1.807, 2.05) is 23.1 Å². The third kappa shape index (κ3) is 5.54. The summed E-state index contributed by atoms with van der Waals surface area (Å²) in [5.41, 5.74) is 1.85. The minimum Gasteiger partial charge on any atom is -0.339 e. The number of nitrogen functional groups attached to an aromatic ring is 1. The molecule has 1 aromatic heterocycles. The van der Waals surface area contributed by atoms with Crippen molar-refractivity contribution in [1.82, 2.24) is 24.7 Å². The van der Waals surface area contributed by atoms with E-state index in [9.17, 15) is 9.18 Å². The Morgan fingerprint density at radius 1 is 1.03 bits per heavy atom. The summed E-state index contributed by atoms with van der Waals surface area (Å²) in [7, 11) is 0. The number of carbonyl (C=O) groups is 1. The van der Waals surface area contributed by atoms with E-state index in [1.165, 1.54) is 34.1 Å². The first kappa shape index (κ1) is 22.0. The van der Waals surface area contributed by atoms with Crippen molar-refractivity contribution in [3.8, 4) is 11.4 Å².